The Morgan fingerprint density at radius 2 is 1.82 bits per heavy atom. The van der Waals surface area contributed by atoms with Crippen LogP contribution in [0.5, 0.6) is 0 Å². The smallest absolute Gasteiger partial charge is 0.334 e. The van der Waals surface area contributed by atoms with Crippen LogP contribution in [-0.4, -0.2) is 46.1 Å². The van der Waals surface area contributed by atoms with Gasteiger partial charge in [-0.3, -0.25) is 4.79 Å². The summed E-state index contributed by atoms with van der Waals surface area (Å²) in [4.78, 5) is 25.7. The predicted molar refractivity (Wildman–Crippen MR) is 124 cm³/mol. The summed E-state index contributed by atoms with van der Waals surface area (Å²) in [7, 11) is 0. The number of fused-ring (bicyclic) bond motifs is 4. The molecule has 6 nitrogen and oxygen atoms in total. The molecule has 2 aliphatic heterocycles. The summed E-state index contributed by atoms with van der Waals surface area (Å²) in [6, 6.07) is 0. The van der Waals surface area contributed by atoms with Crippen molar-refractivity contribution in [3.63, 3.8) is 0 Å². The highest BCUT2D eigenvalue weighted by molar-refractivity contribution is 5.99. The quantitative estimate of drug-likeness (QED) is 0.451. The number of esters is 1. The Bertz CT molecular complexity index is 1060. The van der Waals surface area contributed by atoms with Crippen LogP contribution in [0.4, 0.5) is 0 Å². The van der Waals surface area contributed by atoms with Crippen LogP contribution >= 0.6 is 0 Å². The third-order valence-corrected chi connectivity index (χ3v) is 11.1. The molecule has 0 radical (unpaired) electrons. The van der Waals surface area contributed by atoms with Crippen molar-refractivity contribution in [1.82, 2.24) is 0 Å². The summed E-state index contributed by atoms with van der Waals surface area (Å²) in [5, 5.41) is 22.1. The van der Waals surface area contributed by atoms with Gasteiger partial charge in [0.25, 0.3) is 0 Å². The monoisotopic (exact) mass is 468 g/mol. The SMILES string of the molecule is CC1=C(C)C(=O)OC([C@]2(C)O[C@@H](O)[C@]34CC[C@H]5[C@@H](CC=C6[C@@H](O)C=CC(=O)[C@@]65C)[C@@H]3CC[C@@H]42)C1. The second-order valence-electron chi connectivity index (χ2n) is 12.1. The molecule has 2 saturated carbocycles. The molecule has 0 aromatic rings. The van der Waals surface area contributed by atoms with Crippen LogP contribution in [0.15, 0.2) is 34.9 Å². The first-order valence-corrected chi connectivity index (χ1v) is 12.9. The van der Waals surface area contributed by atoms with E-state index in [0.717, 1.165) is 43.3 Å². The Morgan fingerprint density at radius 3 is 2.56 bits per heavy atom. The molecule has 3 fully saturated rings. The number of carbonyl (C=O) groups is 2. The number of ether oxygens (including phenoxy) is 2. The zero-order valence-corrected chi connectivity index (χ0v) is 20.5. The van der Waals surface area contributed by atoms with Crippen molar-refractivity contribution in [3.8, 4) is 0 Å². The molecule has 6 rings (SSSR count). The molecule has 10 atom stereocenters. The highest BCUT2D eigenvalue weighted by Crippen LogP contribution is 2.71. The average Bonchev–Trinajstić information content (AvgIpc) is 3.30. The summed E-state index contributed by atoms with van der Waals surface area (Å²) in [5.41, 5.74) is 0.747. The molecule has 0 aromatic carbocycles. The third-order valence-electron chi connectivity index (χ3n) is 11.1. The molecule has 0 aromatic heterocycles. The first-order valence-electron chi connectivity index (χ1n) is 12.9. The van der Waals surface area contributed by atoms with Crippen LogP contribution in [0.3, 0.4) is 0 Å². The minimum Gasteiger partial charge on any atom is -0.456 e. The Labute approximate surface area is 201 Å². The van der Waals surface area contributed by atoms with Gasteiger partial charge in [0.05, 0.1) is 11.5 Å². The van der Waals surface area contributed by atoms with Gasteiger partial charge in [-0.15, -0.1) is 0 Å². The molecule has 0 amide bonds. The van der Waals surface area contributed by atoms with E-state index in [1.54, 1.807) is 19.1 Å². The van der Waals surface area contributed by atoms with Crippen molar-refractivity contribution in [3.05, 3.63) is 34.9 Å². The normalized spacial score (nSPS) is 51.9. The molecule has 2 heterocycles. The molecular formula is C28H36O6. The molecule has 1 unspecified atom stereocenters. The Kier molecular flexibility index (Phi) is 4.77. The van der Waals surface area contributed by atoms with Gasteiger partial charge in [-0.25, -0.2) is 4.79 Å². The number of rotatable bonds is 1. The maximum atomic E-state index is 13.2. The van der Waals surface area contributed by atoms with E-state index in [1.807, 2.05) is 20.8 Å². The lowest BCUT2D eigenvalue weighted by atomic mass is 9.46. The van der Waals surface area contributed by atoms with Crippen LogP contribution in [0.1, 0.15) is 66.2 Å². The van der Waals surface area contributed by atoms with Gasteiger partial charge < -0.3 is 19.7 Å². The van der Waals surface area contributed by atoms with Gasteiger partial charge in [-0.1, -0.05) is 11.6 Å². The second-order valence-corrected chi connectivity index (χ2v) is 12.1. The van der Waals surface area contributed by atoms with E-state index in [2.05, 4.69) is 6.08 Å². The molecule has 0 bridgehead atoms. The van der Waals surface area contributed by atoms with E-state index in [1.165, 1.54) is 0 Å². The molecule has 2 N–H and O–H groups in total. The number of aliphatic hydroxyl groups excluding tert-OH is 2. The van der Waals surface area contributed by atoms with Crippen molar-refractivity contribution in [1.29, 1.82) is 0 Å². The maximum absolute atomic E-state index is 13.2. The summed E-state index contributed by atoms with van der Waals surface area (Å²) in [6.45, 7) is 7.83. The van der Waals surface area contributed by atoms with E-state index in [0.29, 0.717) is 12.0 Å². The predicted octanol–water partition coefficient (Wildman–Crippen LogP) is 3.62. The zero-order chi connectivity index (χ0) is 24.2. The highest BCUT2D eigenvalue weighted by atomic mass is 16.6. The van der Waals surface area contributed by atoms with Gasteiger partial charge in [0.1, 0.15) is 11.7 Å². The standard InChI is InChI=1S/C28H36O6/c1-14-13-23(33-24(31)15(14)2)27(4)21-9-7-18-16-5-6-19-20(29)8-10-22(30)26(19,3)17(16)11-12-28(18,21)25(32)34-27/h6,8,10,16-18,20-21,23,25,29,32H,5,7,9,11-13H2,1-4H3/t16-,17+,18+,20+,21-,23?,25-,26-,27-,28-/m1/s1. The lowest BCUT2D eigenvalue weighted by Gasteiger charge is -2.56. The number of cyclic esters (lactones) is 1. The fraction of sp³-hybridized carbons (Fsp3) is 0.714. The first-order chi connectivity index (χ1) is 16.0. The first kappa shape index (κ1) is 22.7. The van der Waals surface area contributed by atoms with E-state index in [4.69, 9.17) is 9.47 Å². The lowest BCUT2D eigenvalue weighted by Crippen LogP contribution is -2.56. The topological polar surface area (TPSA) is 93.1 Å². The largest absolute Gasteiger partial charge is 0.456 e. The van der Waals surface area contributed by atoms with Gasteiger partial charge in [0, 0.05) is 23.3 Å². The summed E-state index contributed by atoms with van der Waals surface area (Å²) < 4.78 is 12.3. The minimum atomic E-state index is -0.910. The van der Waals surface area contributed by atoms with Gasteiger partial charge in [-0.05, 0) is 95.3 Å². The van der Waals surface area contributed by atoms with Crippen molar-refractivity contribution in [2.24, 2.45) is 34.5 Å². The molecule has 6 heteroatoms. The number of carbonyl (C=O) groups excluding carboxylic acids is 2. The number of ketones is 1. The maximum Gasteiger partial charge on any atom is 0.334 e. The fourth-order valence-electron chi connectivity index (χ4n) is 9.17. The molecular weight excluding hydrogens is 432 g/mol. The van der Waals surface area contributed by atoms with Gasteiger partial charge in [-0.2, -0.15) is 0 Å². The zero-order valence-electron chi connectivity index (χ0n) is 20.5. The van der Waals surface area contributed by atoms with E-state index in [9.17, 15) is 19.8 Å². The van der Waals surface area contributed by atoms with Crippen molar-refractivity contribution in [2.75, 3.05) is 0 Å². The van der Waals surface area contributed by atoms with E-state index in [-0.39, 0.29) is 40.8 Å². The number of aliphatic hydroxyl groups is 2. The molecule has 1 saturated heterocycles. The van der Waals surface area contributed by atoms with Crippen LogP contribution in [0, 0.1) is 34.5 Å². The van der Waals surface area contributed by atoms with Gasteiger partial charge in [0.2, 0.25) is 0 Å². The number of allylic oxidation sites excluding steroid dienone is 2. The van der Waals surface area contributed by atoms with Crippen LogP contribution in [-0.2, 0) is 19.1 Å². The van der Waals surface area contributed by atoms with Crippen LogP contribution < -0.4 is 0 Å². The summed E-state index contributed by atoms with van der Waals surface area (Å²) >= 11 is 0. The molecule has 6 aliphatic rings. The summed E-state index contributed by atoms with van der Waals surface area (Å²) in [5.74, 6) is 0.533. The fourth-order valence-corrected chi connectivity index (χ4v) is 9.17. The molecule has 34 heavy (non-hydrogen) atoms. The van der Waals surface area contributed by atoms with Gasteiger partial charge in [0.15, 0.2) is 12.1 Å². The summed E-state index contributed by atoms with van der Waals surface area (Å²) in [6.07, 6.45) is 8.19. The van der Waals surface area contributed by atoms with Crippen LogP contribution in [0.25, 0.3) is 0 Å². The third kappa shape index (κ3) is 2.57. The van der Waals surface area contributed by atoms with Crippen molar-refractivity contribution < 1.29 is 29.3 Å². The van der Waals surface area contributed by atoms with Crippen molar-refractivity contribution >= 4 is 11.8 Å². The molecule has 1 spiro atoms. The number of hydrogen-bond donors (Lipinski definition) is 2. The molecule has 184 valence electrons. The minimum absolute atomic E-state index is 0.0871. The highest BCUT2D eigenvalue weighted by Gasteiger charge is 2.73. The average molecular weight is 469 g/mol. The molecule has 4 aliphatic carbocycles. The number of hydrogen-bond acceptors (Lipinski definition) is 6. The second kappa shape index (κ2) is 7.14. The Morgan fingerprint density at radius 1 is 1.06 bits per heavy atom. The van der Waals surface area contributed by atoms with Crippen LogP contribution in [0.2, 0.25) is 0 Å². The van der Waals surface area contributed by atoms with E-state index >= 15 is 0 Å². The Hall–Kier alpha value is -1.76. The lowest BCUT2D eigenvalue weighted by molar-refractivity contribution is -0.215. The van der Waals surface area contributed by atoms with E-state index < -0.39 is 29.5 Å². The Balaban J connectivity index is 1.36. The van der Waals surface area contributed by atoms with Gasteiger partial charge >= 0.3 is 5.97 Å². The van der Waals surface area contributed by atoms with Crippen molar-refractivity contribution in [2.45, 2.75) is 90.3 Å².